The van der Waals surface area contributed by atoms with Gasteiger partial charge in [-0.3, -0.25) is 0 Å². The first-order chi connectivity index (χ1) is 10.6. The molecule has 1 aromatic heterocycles. The van der Waals surface area contributed by atoms with E-state index in [1.807, 2.05) is 6.07 Å². The number of ether oxygens (including phenoxy) is 1. The van der Waals surface area contributed by atoms with Gasteiger partial charge < -0.3 is 15.6 Å². The second-order valence-electron chi connectivity index (χ2n) is 4.60. The number of anilines is 1. The van der Waals surface area contributed by atoms with Gasteiger partial charge in [-0.1, -0.05) is 29.5 Å². The van der Waals surface area contributed by atoms with E-state index in [0.717, 1.165) is 5.39 Å². The molecule has 7 nitrogen and oxygen atoms in total. The normalized spacial score (nSPS) is 10.8. The Labute approximate surface area is 125 Å². The molecule has 0 saturated heterocycles. The van der Waals surface area contributed by atoms with Crippen molar-refractivity contribution in [2.45, 2.75) is 6.92 Å². The largest absolute Gasteiger partial charge is 0.507 e. The van der Waals surface area contributed by atoms with Crippen molar-refractivity contribution >= 4 is 22.6 Å². The van der Waals surface area contributed by atoms with Crippen molar-refractivity contribution in [3.05, 3.63) is 42.1 Å². The lowest BCUT2D eigenvalue weighted by atomic mass is 10.1. The molecule has 0 spiro atoms. The number of phenols is 1. The van der Waals surface area contributed by atoms with Gasteiger partial charge in [0.05, 0.1) is 12.3 Å². The molecule has 7 heteroatoms. The molecular formula is C15H14N4O3. The summed E-state index contributed by atoms with van der Waals surface area (Å²) in [7, 11) is 0. The van der Waals surface area contributed by atoms with Crippen molar-refractivity contribution in [3.8, 4) is 11.4 Å². The molecule has 22 heavy (non-hydrogen) atoms. The smallest absolute Gasteiger partial charge is 0.362 e. The van der Waals surface area contributed by atoms with Gasteiger partial charge in [0.2, 0.25) is 5.69 Å². The number of carbonyl (C=O) groups is 1. The standard InChI is InChI=1S/C15H14N4O3/c1-2-22-15(21)13-14(16)19(18-17-13)11-7-3-6-10-9(11)5-4-8-12(10)20/h3-8,20H,2,16H2,1H3. The monoisotopic (exact) mass is 298 g/mol. The van der Waals surface area contributed by atoms with Crippen LogP contribution >= 0.6 is 0 Å². The number of nitrogens with zero attached hydrogens (tertiary/aromatic N) is 3. The third-order valence-electron chi connectivity index (χ3n) is 3.28. The summed E-state index contributed by atoms with van der Waals surface area (Å²) in [6, 6.07) is 10.5. The number of hydrogen-bond acceptors (Lipinski definition) is 6. The first-order valence-corrected chi connectivity index (χ1v) is 6.73. The number of esters is 1. The van der Waals surface area contributed by atoms with Crippen LogP contribution in [-0.2, 0) is 4.74 Å². The lowest BCUT2D eigenvalue weighted by molar-refractivity contribution is 0.0520. The lowest BCUT2D eigenvalue weighted by Gasteiger charge is -2.08. The number of phenolic OH excluding ortho intramolecular Hbond substituents is 1. The molecule has 3 N–H and O–H groups in total. The molecule has 2 aromatic carbocycles. The molecule has 3 rings (SSSR count). The Morgan fingerprint density at radius 1 is 1.27 bits per heavy atom. The van der Waals surface area contributed by atoms with Crippen molar-refractivity contribution in [3.63, 3.8) is 0 Å². The van der Waals surface area contributed by atoms with Crippen molar-refractivity contribution in [2.75, 3.05) is 12.3 Å². The molecule has 0 aliphatic carbocycles. The number of rotatable bonds is 3. The van der Waals surface area contributed by atoms with Crippen molar-refractivity contribution in [1.82, 2.24) is 15.0 Å². The van der Waals surface area contributed by atoms with Crippen LogP contribution in [-0.4, -0.2) is 32.7 Å². The van der Waals surface area contributed by atoms with Gasteiger partial charge in [-0.15, -0.1) is 5.10 Å². The fourth-order valence-electron chi connectivity index (χ4n) is 2.27. The van der Waals surface area contributed by atoms with Gasteiger partial charge in [0, 0.05) is 10.8 Å². The van der Waals surface area contributed by atoms with Crippen molar-refractivity contribution < 1.29 is 14.6 Å². The van der Waals surface area contributed by atoms with E-state index >= 15 is 0 Å². The van der Waals surface area contributed by atoms with E-state index in [4.69, 9.17) is 10.5 Å². The number of aromatic nitrogens is 3. The summed E-state index contributed by atoms with van der Waals surface area (Å²) in [6.45, 7) is 1.93. The summed E-state index contributed by atoms with van der Waals surface area (Å²) in [5.74, 6) is -0.368. The maximum Gasteiger partial charge on any atom is 0.362 e. The molecule has 0 aliphatic rings. The maximum absolute atomic E-state index is 11.8. The fourth-order valence-corrected chi connectivity index (χ4v) is 2.27. The molecule has 0 atom stereocenters. The molecule has 0 aliphatic heterocycles. The maximum atomic E-state index is 11.8. The van der Waals surface area contributed by atoms with E-state index < -0.39 is 5.97 Å². The molecular weight excluding hydrogens is 284 g/mol. The van der Waals surface area contributed by atoms with Crippen LogP contribution in [0.1, 0.15) is 17.4 Å². The summed E-state index contributed by atoms with van der Waals surface area (Å²) in [4.78, 5) is 11.8. The highest BCUT2D eigenvalue weighted by Crippen LogP contribution is 2.30. The average Bonchev–Trinajstić information content (AvgIpc) is 2.89. The Morgan fingerprint density at radius 3 is 2.77 bits per heavy atom. The quantitative estimate of drug-likeness (QED) is 0.716. The molecule has 0 amide bonds. The van der Waals surface area contributed by atoms with Gasteiger partial charge in [-0.05, 0) is 19.1 Å². The second-order valence-corrected chi connectivity index (χ2v) is 4.60. The zero-order valence-electron chi connectivity index (χ0n) is 11.9. The van der Waals surface area contributed by atoms with E-state index in [-0.39, 0.29) is 23.9 Å². The number of nitrogen functional groups attached to an aromatic ring is 1. The number of benzene rings is 2. The number of hydrogen-bond donors (Lipinski definition) is 2. The summed E-state index contributed by atoms with van der Waals surface area (Å²) in [5, 5.41) is 19.0. The lowest BCUT2D eigenvalue weighted by Crippen LogP contribution is -2.09. The van der Waals surface area contributed by atoms with E-state index in [1.54, 1.807) is 37.3 Å². The van der Waals surface area contributed by atoms with Gasteiger partial charge in [-0.25, -0.2) is 4.79 Å². The van der Waals surface area contributed by atoms with Crippen LogP contribution < -0.4 is 5.73 Å². The van der Waals surface area contributed by atoms with Gasteiger partial charge in [-0.2, -0.15) is 4.68 Å². The minimum atomic E-state index is -0.616. The van der Waals surface area contributed by atoms with E-state index in [1.165, 1.54) is 4.68 Å². The minimum Gasteiger partial charge on any atom is -0.507 e. The molecule has 3 aromatic rings. The van der Waals surface area contributed by atoms with Crippen LogP contribution in [0.3, 0.4) is 0 Å². The molecule has 112 valence electrons. The van der Waals surface area contributed by atoms with Crippen LogP contribution in [0.4, 0.5) is 5.82 Å². The highest BCUT2D eigenvalue weighted by molar-refractivity contribution is 5.96. The third-order valence-corrected chi connectivity index (χ3v) is 3.28. The van der Waals surface area contributed by atoms with Gasteiger partial charge in [0.1, 0.15) is 5.75 Å². The molecule has 0 saturated carbocycles. The summed E-state index contributed by atoms with van der Waals surface area (Å²) < 4.78 is 6.24. The van der Waals surface area contributed by atoms with E-state index in [2.05, 4.69) is 10.3 Å². The molecule has 0 unspecified atom stereocenters. The third kappa shape index (κ3) is 2.12. The average molecular weight is 298 g/mol. The van der Waals surface area contributed by atoms with Crippen LogP contribution in [0.2, 0.25) is 0 Å². The number of carbonyl (C=O) groups excluding carboxylic acids is 1. The number of nitrogens with two attached hydrogens (primary N) is 1. The van der Waals surface area contributed by atoms with Crippen LogP contribution in [0.5, 0.6) is 5.75 Å². The Morgan fingerprint density at radius 2 is 2.00 bits per heavy atom. The highest BCUT2D eigenvalue weighted by atomic mass is 16.5. The Hall–Kier alpha value is -3.09. The van der Waals surface area contributed by atoms with Gasteiger partial charge in [0.15, 0.2) is 5.82 Å². The fraction of sp³-hybridized carbons (Fsp3) is 0.133. The predicted molar refractivity (Wildman–Crippen MR) is 80.9 cm³/mol. The van der Waals surface area contributed by atoms with Crippen molar-refractivity contribution in [1.29, 1.82) is 0 Å². The zero-order valence-corrected chi connectivity index (χ0v) is 11.9. The topological polar surface area (TPSA) is 103 Å². The Balaban J connectivity index is 2.17. The van der Waals surface area contributed by atoms with E-state index in [9.17, 15) is 9.90 Å². The Bertz CT molecular complexity index is 857. The molecule has 0 bridgehead atoms. The van der Waals surface area contributed by atoms with Gasteiger partial charge >= 0.3 is 5.97 Å². The molecule has 0 fully saturated rings. The summed E-state index contributed by atoms with van der Waals surface area (Å²) in [5.41, 5.74) is 6.56. The predicted octanol–water partition coefficient (Wildman–Crippen LogP) is 1.88. The summed E-state index contributed by atoms with van der Waals surface area (Å²) in [6.07, 6.45) is 0. The van der Waals surface area contributed by atoms with Gasteiger partial charge in [0.25, 0.3) is 0 Å². The van der Waals surface area contributed by atoms with Crippen LogP contribution in [0.25, 0.3) is 16.5 Å². The minimum absolute atomic E-state index is 0.0287. The zero-order chi connectivity index (χ0) is 15.7. The molecule has 0 radical (unpaired) electrons. The van der Waals surface area contributed by atoms with Crippen molar-refractivity contribution in [2.24, 2.45) is 0 Å². The second kappa shape index (κ2) is 5.36. The van der Waals surface area contributed by atoms with E-state index in [0.29, 0.717) is 11.1 Å². The SMILES string of the molecule is CCOC(=O)c1nnn(-c2cccc3c(O)cccc23)c1N. The van der Waals surface area contributed by atoms with Crippen LogP contribution in [0, 0.1) is 0 Å². The Kier molecular flexibility index (Phi) is 3.38. The molecule has 1 heterocycles. The van der Waals surface area contributed by atoms with Crippen LogP contribution in [0.15, 0.2) is 36.4 Å². The number of fused-ring (bicyclic) bond motifs is 1. The first-order valence-electron chi connectivity index (χ1n) is 6.73. The first kappa shape index (κ1) is 13.9. The number of aromatic hydroxyl groups is 1. The summed E-state index contributed by atoms with van der Waals surface area (Å²) >= 11 is 0. The highest BCUT2D eigenvalue weighted by Gasteiger charge is 2.20.